The number of para-hydroxylation sites is 1. The first-order chi connectivity index (χ1) is 8.81. The van der Waals surface area contributed by atoms with Crippen LogP contribution in [0.15, 0.2) is 54.6 Å². The molecular weight excluding hydrogens is 224 g/mol. The Labute approximate surface area is 108 Å². The van der Waals surface area contributed by atoms with Crippen LogP contribution in [-0.4, -0.2) is 11.7 Å². The van der Waals surface area contributed by atoms with E-state index in [1.807, 2.05) is 49.4 Å². The molecule has 1 unspecified atom stereocenters. The summed E-state index contributed by atoms with van der Waals surface area (Å²) in [6.07, 6.45) is 0.628. The minimum absolute atomic E-state index is 0.00560. The van der Waals surface area contributed by atoms with Gasteiger partial charge in [0.15, 0.2) is 0 Å². The van der Waals surface area contributed by atoms with Crippen LogP contribution in [-0.2, 0) is 6.42 Å². The van der Waals surface area contributed by atoms with Crippen molar-refractivity contribution in [3.05, 3.63) is 65.7 Å². The molecule has 2 rings (SSSR count). The van der Waals surface area contributed by atoms with Gasteiger partial charge in [-0.25, -0.2) is 0 Å². The van der Waals surface area contributed by atoms with Crippen molar-refractivity contribution < 1.29 is 9.84 Å². The summed E-state index contributed by atoms with van der Waals surface area (Å²) >= 11 is 0. The summed E-state index contributed by atoms with van der Waals surface area (Å²) in [6, 6.07) is 18.0. The zero-order valence-electron chi connectivity index (χ0n) is 10.5. The standard InChI is InChI=1S/C16H18O2/c1-13(14-7-3-2-4-8-14)18-16-10-6-5-9-15(16)11-12-17/h2-10,13,17H,11-12H2,1H3. The lowest BCUT2D eigenvalue weighted by molar-refractivity contribution is 0.222. The molecule has 0 aliphatic heterocycles. The van der Waals surface area contributed by atoms with E-state index in [0.717, 1.165) is 16.9 Å². The molecule has 0 aromatic heterocycles. The molecule has 0 fully saturated rings. The highest BCUT2D eigenvalue weighted by Gasteiger charge is 2.09. The van der Waals surface area contributed by atoms with Crippen LogP contribution in [0.3, 0.4) is 0 Å². The molecule has 0 heterocycles. The van der Waals surface area contributed by atoms with Crippen molar-refractivity contribution >= 4 is 0 Å². The lowest BCUT2D eigenvalue weighted by atomic mass is 10.1. The van der Waals surface area contributed by atoms with Gasteiger partial charge in [-0.15, -0.1) is 0 Å². The Hall–Kier alpha value is -1.80. The molecule has 0 bridgehead atoms. The van der Waals surface area contributed by atoms with E-state index in [1.165, 1.54) is 0 Å². The molecule has 18 heavy (non-hydrogen) atoms. The molecule has 1 N–H and O–H groups in total. The van der Waals surface area contributed by atoms with Crippen LogP contribution >= 0.6 is 0 Å². The van der Waals surface area contributed by atoms with Crippen LogP contribution in [0.25, 0.3) is 0 Å². The average Bonchev–Trinajstić information content (AvgIpc) is 2.42. The van der Waals surface area contributed by atoms with Gasteiger partial charge in [0.2, 0.25) is 0 Å². The number of ether oxygens (including phenoxy) is 1. The SMILES string of the molecule is CC(Oc1ccccc1CCO)c1ccccc1. The van der Waals surface area contributed by atoms with E-state index in [2.05, 4.69) is 12.1 Å². The molecule has 0 amide bonds. The van der Waals surface area contributed by atoms with E-state index in [-0.39, 0.29) is 12.7 Å². The van der Waals surface area contributed by atoms with Crippen LogP contribution < -0.4 is 4.74 Å². The highest BCUT2D eigenvalue weighted by molar-refractivity contribution is 5.34. The van der Waals surface area contributed by atoms with Gasteiger partial charge in [-0.2, -0.15) is 0 Å². The Morgan fingerprint density at radius 3 is 2.39 bits per heavy atom. The molecule has 0 saturated heterocycles. The van der Waals surface area contributed by atoms with E-state index in [9.17, 15) is 0 Å². The molecule has 94 valence electrons. The van der Waals surface area contributed by atoms with Gasteiger partial charge in [-0.3, -0.25) is 0 Å². The van der Waals surface area contributed by atoms with Crippen molar-refractivity contribution in [1.29, 1.82) is 0 Å². The Balaban J connectivity index is 2.14. The van der Waals surface area contributed by atoms with Crippen LogP contribution in [0.4, 0.5) is 0 Å². The molecule has 0 saturated carbocycles. The van der Waals surface area contributed by atoms with E-state index in [0.29, 0.717) is 6.42 Å². The summed E-state index contributed by atoms with van der Waals surface area (Å²) in [5.74, 6) is 0.850. The highest BCUT2D eigenvalue weighted by Crippen LogP contribution is 2.25. The molecule has 0 aliphatic rings. The van der Waals surface area contributed by atoms with E-state index < -0.39 is 0 Å². The maximum Gasteiger partial charge on any atom is 0.123 e. The third-order valence-corrected chi connectivity index (χ3v) is 2.93. The molecule has 2 aromatic rings. The third-order valence-electron chi connectivity index (χ3n) is 2.93. The van der Waals surface area contributed by atoms with Gasteiger partial charge < -0.3 is 9.84 Å². The average molecular weight is 242 g/mol. The van der Waals surface area contributed by atoms with Crippen molar-refractivity contribution in [3.8, 4) is 5.75 Å². The van der Waals surface area contributed by atoms with E-state index in [4.69, 9.17) is 9.84 Å². The summed E-state index contributed by atoms with van der Waals surface area (Å²) in [5.41, 5.74) is 2.19. The summed E-state index contributed by atoms with van der Waals surface area (Å²) < 4.78 is 5.97. The number of hydrogen-bond acceptors (Lipinski definition) is 2. The summed E-state index contributed by atoms with van der Waals surface area (Å²) in [6.45, 7) is 2.17. The highest BCUT2D eigenvalue weighted by atomic mass is 16.5. The minimum Gasteiger partial charge on any atom is -0.486 e. The van der Waals surface area contributed by atoms with Gasteiger partial charge in [0.25, 0.3) is 0 Å². The summed E-state index contributed by atoms with van der Waals surface area (Å²) in [7, 11) is 0. The van der Waals surface area contributed by atoms with Gasteiger partial charge in [0.1, 0.15) is 11.9 Å². The van der Waals surface area contributed by atoms with E-state index in [1.54, 1.807) is 0 Å². The Bertz CT molecular complexity index is 479. The normalized spacial score (nSPS) is 12.1. The largest absolute Gasteiger partial charge is 0.486 e. The Kier molecular flexibility index (Phi) is 4.37. The topological polar surface area (TPSA) is 29.5 Å². The van der Waals surface area contributed by atoms with Crippen molar-refractivity contribution in [1.82, 2.24) is 0 Å². The van der Waals surface area contributed by atoms with Crippen molar-refractivity contribution in [2.24, 2.45) is 0 Å². The fraction of sp³-hybridized carbons (Fsp3) is 0.250. The molecule has 2 aromatic carbocycles. The maximum absolute atomic E-state index is 9.04. The summed E-state index contributed by atoms with van der Waals surface area (Å²) in [4.78, 5) is 0. The van der Waals surface area contributed by atoms with Crippen molar-refractivity contribution in [2.75, 3.05) is 6.61 Å². The molecule has 0 radical (unpaired) electrons. The van der Waals surface area contributed by atoms with Crippen LogP contribution in [0.5, 0.6) is 5.75 Å². The Morgan fingerprint density at radius 2 is 1.67 bits per heavy atom. The lowest BCUT2D eigenvalue weighted by Gasteiger charge is -2.17. The molecule has 2 heteroatoms. The first kappa shape index (κ1) is 12.7. The minimum atomic E-state index is 0.00560. The number of aliphatic hydroxyl groups is 1. The van der Waals surface area contributed by atoms with Gasteiger partial charge in [0.05, 0.1) is 0 Å². The maximum atomic E-state index is 9.04. The van der Waals surface area contributed by atoms with Gasteiger partial charge >= 0.3 is 0 Å². The smallest absolute Gasteiger partial charge is 0.123 e. The molecule has 0 spiro atoms. The predicted octanol–water partition coefficient (Wildman–Crippen LogP) is 3.36. The lowest BCUT2D eigenvalue weighted by Crippen LogP contribution is -2.05. The zero-order chi connectivity index (χ0) is 12.8. The van der Waals surface area contributed by atoms with Crippen molar-refractivity contribution in [2.45, 2.75) is 19.4 Å². The first-order valence-electron chi connectivity index (χ1n) is 6.21. The number of rotatable bonds is 5. The number of aliphatic hydroxyl groups excluding tert-OH is 1. The first-order valence-corrected chi connectivity index (χ1v) is 6.21. The number of benzene rings is 2. The monoisotopic (exact) mass is 242 g/mol. The number of hydrogen-bond donors (Lipinski definition) is 1. The van der Waals surface area contributed by atoms with Crippen molar-refractivity contribution in [3.63, 3.8) is 0 Å². The second kappa shape index (κ2) is 6.22. The van der Waals surface area contributed by atoms with Crippen LogP contribution in [0, 0.1) is 0 Å². The molecule has 2 nitrogen and oxygen atoms in total. The second-order valence-corrected chi connectivity index (χ2v) is 4.25. The van der Waals surface area contributed by atoms with Gasteiger partial charge in [-0.1, -0.05) is 48.5 Å². The van der Waals surface area contributed by atoms with Gasteiger partial charge in [0, 0.05) is 6.61 Å². The third kappa shape index (κ3) is 3.11. The second-order valence-electron chi connectivity index (χ2n) is 4.25. The summed E-state index contributed by atoms with van der Waals surface area (Å²) in [5, 5.41) is 9.04. The predicted molar refractivity (Wildman–Crippen MR) is 72.7 cm³/mol. The van der Waals surface area contributed by atoms with Crippen LogP contribution in [0.2, 0.25) is 0 Å². The van der Waals surface area contributed by atoms with E-state index >= 15 is 0 Å². The fourth-order valence-corrected chi connectivity index (χ4v) is 1.93. The fourth-order valence-electron chi connectivity index (χ4n) is 1.93. The molecule has 0 aliphatic carbocycles. The molecular formula is C16H18O2. The molecule has 1 atom stereocenters. The van der Waals surface area contributed by atoms with Crippen LogP contribution in [0.1, 0.15) is 24.2 Å². The van der Waals surface area contributed by atoms with Gasteiger partial charge in [-0.05, 0) is 30.5 Å². The Morgan fingerprint density at radius 1 is 1.00 bits per heavy atom. The zero-order valence-corrected chi connectivity index (χ0v) is 10.5. The quantitative estimate of drug-likeness (QED) is 0.871.